The van der Waals surface area contributed by atoms with Gasteiger partial charge in [0, 0.05) is 13.7 Å². The third-order valence-electron chi connectivity index (χ3n) is 3.15. The molecule has 19 heavy (non-hydrogen) atoms. The second kappa shape index (κ2) is 6.68. The van der Waals surface area contributed by atoms with Crippen LogP contribution in [0.25, 0.3) is 0 Å². The molecule has 0 radical (unpaired) electrons. The molecule has 106 valence electrons. The van der Waals surface area contributed by atoms with E-state index in [1.54, 1.807) is 7.11 Å². The number of nitrogens with one attached hydrogen (secondary N) is 1. The van der Waals surface area contributed by atoms with Crippen molar-refractivity contribution in [2.24, 2.45) is 11.1 Å². The molecule has 0 aliphatic rings. The van der Waals surface area contributed by atoms with Crippen molar-refractivity contribution < 1.29 is 9.53 Å². The Morgan fingerprint density at radius 2 is 1.89 bits per heavy atom. The zero-order valence-corrected chi connectivity index (χ0v) is 12.1. The molecule has 0 fully saturated rings. The molecule has 4 heteroatoms. The van der Waals surface area contributed by atoms with Crippen LogP contribution in [-0.2, 0) is 9.53 Å². The highest BCUT2D eigenvalue weighted by molar-refractivity contribution is 5.82. The predicted molar refractivity (Wildman–Crippen MR) is 76.6 cm³/mol. The summed E-state index contributed by atoms with van der Waals surface area (Å²) in [5, 5.41) is 2.85. The van der Waals surface area contributed by atoms with Crippen LogP contribution < -0.4 is 11.1 Å². The largest absolute Gasteiger partial charge is 0.379 e. The number of carbonyl (C=O) groups is 1. The van der Waals surface area contributed by atoms with Crippen LogP contribution in [-0.4, -0.2) is 25.7 Å². The highest BCUT2D eigenvalue weighted by Gasteiger charge is 2.25. The van der Waals surface area contributed by atoms with E-state index < -0.39 is 6.04 Å². The third kappa shape index (κ3) is 4.65. The van der Waals surface area contributed by atoms with Crippen LogP contribution in [0.1, 0.15) is 32.4 Å². The molecule has 0 aromatic heterocycles. The van der Waals surface area contributed by atoms with Gasteiger partial charge in [-0.15, -0.1) is 0 Å². The smallest absolute Gasteiger partial charge is 0.241 e. The second-order valence-corrected chi connectivity index (χ2v) is 5.72. The van der Waals surface area contributed by atoms with E-state index in [-0.39, 0.29) is 17.4 Å². The zero-order valence-electron chi connectivity index (χ0n) is 12.1. The monoisotopic (exact) mass is 264 g/mol. The number of amides is 1. The van der Waals surface area contributed by atoms with Crippen LogP contribution in [0.3, 0.4) is 0 Å². The molecule has 4 nitrogen and oxygen atoms in total. The molecule has 0 saturated carbocycles. The van der Waals surface area contributed by atoms with Crippen LogP contribution in [0.5, 0.6) is 0 Å². The molecular weight excluding hydrogens is 240 g/mol. The van der Waals surface area contributed by atoms with E-state index in [0.717, 1.165) is 5.56 Å². The quantitative estimate of drug-likeness (QED) is 0.853. The summed E-state index contributed by atoms with van der Waals surface area (Å²) in [6, 6.07) is 8.70. The number of hydrogen-bond donors (Lipinski definition) is 2. The molecule has 3 N–H and O–H groups in total. The van der Waals surface area contributed by atoms with Crippen LogP contribution in [0.15, 0.2) is 30.3 Å². The summed E-state index contributed by atoms with van der Waals surface area (Å²) >= 11 is 0. The molecule has 0 heterocycles. The van der Waals surface area contributed by atoms with Gasteiger partial charge in [-0.3, -0.25) is 4.79 Å². The molecule has 1 rings (SSSR count). The Kier molecular flexibility index (Phi) is 5.51. The van der Waals surface area contributed by atoms with Gasteiger partial charge in [0.25, 0.3) is 0 Å². The fourth-order valence-electron chi connectivity index (χ4n) is 1.86. The Labute approximate surface area is 115 Å². The highest BCUT2D eigenvalue weighted by atomic mass is 16.5. The summed E-state index contributed by atoms with van der Waals surface area (Å²) in [5.74, 6) is -0.183. The van der Waals surface area contributed by atoms with Gasteiger partial charge in [0.05, 0.1) is 6.10 Å². The molecule has 2 unspecified atom stereocenters. The van der Waals surface area contributed by atoms with Crippen LogP contribution in [0, 0.1) is 5.41 Å². The van der Waals surface area contributed by atoms with E-state index in [0.29, 0.717) is 6.54 Å². The van der Waals surface area contributed by atoms with Gasteiger partial charge in [0.1, 0.15) is 6.04 Å². The number of benzene rings is 1. The van der Waals surface area contributed by atoms with Crippen LogP contribution >= 0.6 is 0 Å². The van der Waals surface area contributed by atoms with E-state index in [2.05, 4.69) is 26.1 Å². The van der Waals surface area contributed by atoms with Gasteiger partial charge >= 0.3 is 0 Å². The first-order chi connectivity index (χ1) is 8.86. The molecule has 0 saturated heterocycles. The zero-order chi connectivity index (χ0) is 14.5. The second-order valence-electron chi connectivity index (χ2n) is 5.72. The average Bonchev–Trinajstić information content (AvgIpc) is 2.37. The minimum atomic E-state index is -0.640. The lowest BCUT2D eigenvalue weighted by Gasteiger charge is -2.29. The van der Waals surface area contributed by atoms with Gasteiger partial charge in [-0.25, -0.2) is 0 Å². The molecule has 1 aromatic rings. The SMILES string of the molecule is COC(CNC(=O)C(N)c1ccccc1)C(C)(C)C. The summed E-state index contributed by atoms with van der Waals surface area (Å²) in [6.07, 6.45) is -0.0422. The van der Waals surface area contributed by atoms with Gasteiger partial charge in [-0.1, -0.05) is 51.1 Å². The normalized spacial score (nSPS) is 14.8. The molecule has 0 aliphatic carbocycles. The Bertz CT molecular complexity index is 398. The molecule has 2 atom stereocenters. The van der Waals surface area contributed by atoms with E-state index in [1.165, 1.54) is 0 Å². The number of carbonyl (C=O) groups excluding carboxylic acids is 1. The number of methoxy groups -OCH3 is 1. The first kappa shape index (κ1) is 15.7. The summed E-state index contributed by atoms with van der Waals surface area (Å²) in [6.45, 7) is 6.68. The van der Waals surface area contributed by atoms with Gasteiger partial charge in [0.2, 0.25) is 5.91 Å². The first-order valence-electron chi connectivity index (χ1n) is 6.47. The fourth-order valence-corrected chi connectivity index (χ4v) is 1.86. The van der Waals surface area contributed by atoms with Gasteiger partial charge in [-0.2, -0.15) is 0 Å². The third-order valence-corrected chi connectivity index (χ3v) is 3.15. The van der Waals surface area contributed by atoms with Crippen molar-refractivity contribution in [3.05, 3.63) is 35.9 Å². The van der Waals surface area contributed by atoms with Gasteiger partial charge in [-0.05, 0) is 11.0 Å². The van der Waals surface area contributed by atoms with Gasteiger partial charge < -0.3 is 15.8 Å². The lowest BCUT2D eigenvalue weighted by molar-refractivity contribution is -0.123. The van der Waals surface area contributed by atoms with Crippen molar-refractivity contribution in [1.29, 1.82) is 0 Å². The maximum Gasteiger partial charge on any atom is 0.241 e. The van der Waals surface area contributed by atoms with Crippen molar-refractivity contribution >= 4 is 5.91 Å². The van der Waals surface area contributed by atoms with Crippen molar-refractivity contribution in [2.75, 3.05) is 13.7 Å². The molecular formula is C15H24N2O2. The Hall–Kier alpha value is -1.39. The average molecular weight is 264 g/mol. The van der Waals surface area contributed by atoms with Gasteiger partial charge in [0.15, 0.2) is 0 Å². The summed E-state index contributed by atoms with van der Waals surface area (Å²) in [4.78, 5) is 12.0. The van der Waals surface area contributed by atoms with E-state index in [9.17, 15) is 4.79 Å². The number of rotatable bonds is 5. The van der Waals surface area contributed by atoms with Crippen LogP contribution in [0.2, 0.25) is 0 Å². The Morgan fingerprint density at radius 1 is 1.32 bits per heavy atom. The Balaban J connectivity index is 2.56. The fraction of sp³-hybridized carbons (Fsp3) is 0.533. The highest BCUT2D eigenvalue weighted by Crippen LogP contribution is 2.21. The van der Waals surface area contributed by atoms with E-state index in [4.69, 9.17) is 10.5 Å². The molecule has 1 aromatic carbocycles. The van der Waals surface area contributed by atoms with Crippen molar-refractivity contribution in [1.82, 2.24) is 5.32 Å². The van der Waals surface area contributed by atoms with Crippen molar-refractivity contribution in [3.8, 4) is 0 Å². The van der Waals surface area contributed by atoms with Crippen molar-refractivity contribution in [3.63, 3.8) is 0 Å². The Morgan fingerprint density at radius 3 is 2.37 bits per heavy atom. The van der Waals surface area contributed by atoms with E-state index in [1.807, 2.05) is 30.3 Å². The molecule has 1 amide bonds. The summed E-state index contributed by atoms with van der Waals surface area (Å²) < 4.78 is 5.40. The molecule has 0 aliphatic heterocycles. The summed E-state index contributed by atoms with van der Waals surface area (Å²) in [5.41, 5.74) is 6.70. The molecule has 0 bridgehead atoms. The maximum absolute atomic E-state index is 12.0. The van der Waals surface area contributed by atoms with Crippen molar-refractivity contribution in [2.45, 2.75) is 32.9 Å². The lowest BCUT2D eigenvalue weighted by Crippen LogP contribution is -2.43. The summed E-state index contributed by atoms with van der Waals surface area (Å²) in [7, 11) is 1.65. The lowest BCUT2D eigenvalue weighted by atomic mass is 9.89. The minimum Gasteiger partial charge on any atom is -0.379 e. The van der Waals surface area contributed by atoms with E-state index >= 15 is 0 Å². The minimum absolute atomic E-state index is 0.0289. The van der Waals surface area contributed by atoms with Crippen LogP contribution in [0.4, 0.5) is 0 Å². The number of nitrogens with two attached hydrogens (primary N) is 1. The predicted octanol–water partition coefficient (Wildman–Crippen LogP) is 1.86. The number of hydrogen-bond acceptors (Lipinski definition) is 3. The number of ether oxygens (including phenoxy) is 1. The molecule has 0 spiro atoms. The maximum atomic E-state index is 12.0. The first-order valence-corrected chi connectivity index (χ1v) is 6.47. The standard InChI is InChI=1S/C15H24N2O2/c1-15(2,3)12(19-4)10-17-14(18)13(16)11-8-6-5-7-9-11/h5-9,12-13H,10,16H2,1-4H3,(H,17,18). The topological polar surface area (TPSA) is 64.3 Å².